The van der Waals surface area contributed by atoms with Gasteiger partial charge in [-0.1, -0.05) is 37.6 Å². The van der Waals surface area contributed by atoms with Crippen molar-refractivity contribution in [1.29, 1.82) is 0 Å². The monoisotopic (exact) mass is 432 g/mol. The van der Waals surface area contributed by atoms with Gasteiger partial charge in [0, 0.05) is 24.6 Å². The summed E-state index contributed by atoms with van der Waals surface area (Å²) in [6.45, 7) is 4.37. The van der Waals surface area contributed by atoms with Crippen molar-refractivity contribution in [2.75, 3.05) is 11.5 Å². The van der Waals surface area contributed by atoms with Crippen LogP contribution in [0.1, 0.15) is 47.7 Å². The average molecular weight is 433 g/mol. The smallest absolute Gasteiger partial charge is 0.251 e. The Bertz CT molecular complexity index is 1060. The van der Waals surface area contributed by atoms with Gasteiger partial charge in [0.15, 0.2) is 0 Å². The molecular weight excluding hydrogens is 404 g/mol. The van der Waals surface area contributed by atoms with Crippen LogP contribution in [0.25, 0.3) is 0 Å². The number of hydrogen-bond donors (Lipinski definition) is 1. The largest absolute Gasteiger partial charge is 0.494 e. The molecule has 166 valence electrons. The van der Waals surface area contributed by atoms with Gasteiger partial charge in [-0.2, -0.15) is 5.10 Å². The van der Waals surface area contributed by atoms with Crippen LogP contribution in [-0.4, -0.2) is 28.2 Å². The number of fused-ring (bicyclic) bond motifs is 1. The third-order valence-corrected chi connectivity index (χ3v) is 5.51. The zero-order chi connectivity index (χ0) is 22.3. The highest BCUT2D eigenvalue weighted by molar-refractivity contribution is 5.95. The first-order valence-electron chi connectivity index (χ1n) is 11.0. The second kappa shape index (κ2) is 10.1. The molecule has 2 aromatic carbocycles. The van der Waals surface area contributed by atoms with Gasteiger partial charge in [0.25, 0.3) is 5.91 Å². The number of nitrogens with zero attached hydrogens (tertiary/aromatic N) is 3. The van der Waals surface area contributed by atoms with Crippen LogP contribution < -0.4 is 15.0 Å². The maximum atomic E-state index is 12.5. The minimum Gasteiger partial charge on any atom is -0.494 e. The van der Waals surface area contributed by atoms with E-state index < -0.39 is 0 Å². The molecule has 3 aromatic rings. The van der Waals surface area contributed by atoms with Gasteiger partial charge in [-0.25, -0.2) is 4.68 Å². The van der Waals surface area contributed by atoms with Crippen molar-refractivity contribution in [3.05, 3.63) is 77.5 Å². The number of hydrogen-bond acceptors (Lipinski definition) is 4. The number of carbonyl (C=O) groups excluding carboxylic acids is 2. The maximum Gasteiger partial charge on any atom is 0.251 e. The number of carbonyl (C=O) groups is 2. The van der Waals surface area contributed by atoms with E-state index in [0.29, 0.717) is 31.6 Å². The Morgan fingerprint density at radius 2 is 1.81 bits per heavy atom. The summed E-state index contributed by atoms with van der Waals surface area (Å²) in [6, 6.07) is 17.0. The summed E-state index contributed by atoms with van der Waals surface area (Å²) in [4.78, 5) is 26.6. The molecule has 2 heterocycles. The van der Waals surface area contributed by atoms with Gasteiger partial charge in [-0.3, -0.25) is 14.5 Å². The standard InChI is InChI=1S/C25H28N4O3/c1-2-3-16-32-22-10-6-19(7-11-22)17-26-25(31)21-8-4-20(5-9-21)18-28-23-12-14-27-29(23)15-13-24(28)30/h4-12,14H,2-3,13,15-18H2,1H3,(H,26,31). The Morgan fingerprint density at radius 1 is 1.06 bits per heavy atom. The van der Waals surface area contributed by atoms with Gasteiger partial charge in [-0.15, -0.1) is 0 Å². The van der Waals surface area contributed by atoms with Crippen LogP contribution in [0.15, 0.2) is 60.8 Å². The molecule has 0 unspecified atom stereocenters. The van der Waals surface area contributed by atoms with Crippen molar-refractivity contribution >= 4 is 17.6 Å². The molecule has 0 spiro atoms. The van der Waals surface area contributed by atoms with E-state index in [1.165, 1.54) is 0 Å². The summed E-state index contributed by atoms with van der Waals surface area (Å²) in [5.74, 6) is 1.61. The van der Waals surface area contributed by atoms with Crippen LogP contribution in [0.5, 0.6) is 5.75 Å². The van der Waals surface area contributed by atoms with Crippen molar-refractivity contribution in [2.45, 2.75) is 45.8 Å². The third kappa shape index (κ3) is 5.17. The molecule has 0 bridgehead atoms. The van der Waals surface area contributed by atoms with Gasteiger partial charge in [-0.05, 0) is 41.8 Å². The fourth-order valence-electron chi connectivity index (χ4n) is 3.63. The first-order chi connectivity index (χ1) is 15.6. The van der Waals surface area contributed by atoms with E-state index in [2.05, 4.69) is 17.3 Å². The van der Waals surface area contributed by atoms with Crippen molar-refractivity contribution in [3.63, 3.8) is 0 Å². The molecule has 4 rings (SSSR count). The number of nitrogens with one attached hydrogen (secondary N) is 1. The predicted molar refractivity (Wildman–Crippen MR) is 122 cm³/mol. The van der Waals surface area contributed by atoms with Crippen LogP contribution in [0.3, 0.4) is 0 Å². The van der Waals surface area contributed by atoms with E-state index in [1.54, 1.807) is 23.2 Å². The van der Waals surface area contributed by atoms with E-state index in [9.17, 15) is 9.59 Å². The van der Waals surface area contributed by atoms with E-state index in [-0.39, 0.29) is 11.8 Å². The number of unbranched alkanes of at least 4 members (excludes halogenated alkanes) is 1. The number of rotatable bonds is 9. The lowest BCUT2D eigenvalue weighted by molar-refractivity contribution is -0.119. The summed E-state index contributed by atoms with van der Waals surface area (Å²) in [5.41, 5.74) is 2.56. The molecule has 1 N–H and O–H groups in total. The fraction of sp³-hybridized carbons (Fsp3) is 0.320. The number of benzene rings is 2. The third-order valence-electron chi connectivity index (χ3n) is 5.51. The first-order valence-corrected chi connectivity index (χ1v) is 11.0. The molecule has 2 amide bonds. The van der Waals surface area contributed by atoms with Crippen molar-refractivity contribution in [1.82, 2.24) is 15.1 Å². The second-order valence-electron chi connectivity index (χ2n) is 7.87. The first kappa shape index (κ1) is 21.6. The highest BCUT2D eigenvalue weighted by atomic mass is 16.5. The quantitative estimate of drug-likeness (QED) is 0.520. The minimum atomic E-state index is -0.132. The average Bonchev–Trinajstić information content (AvgIpc) is 3.30. The molecule has 0 saturated heterocycles. The number of aryl methyl sites for hydroxylation is 1. The summed E-state index contributed by atoms with van der Waals surface area (Å²) in [6.07, 6.45) is 4.30. The normalized spacial score (nSPS) is 13.0. The lowest BCUT2D eigenvalue weighted by Crippen LogP contribution is -2.36. The molecule has 0 atom stereocenters. The van der Waals surface area contributed by atoms with Gasteiger partial charge in [0.05, 0.1) is 25.9 Å². The van der Waals surface area contributed by atoms with Crippen LogP contribution in [0, 0.1) is 0 Å². The fourth-order valence-corrected chi connectivity index (χ4v) is 3.63. The van der Waals surface area contributed by atoms with Crippen LogP contribution >= 0.6 is 0 Å². The molecule has 32 heavy (non-hydrogen) atoms. The van der Waals surface area contributed by atoms with Crippen molar-refractivity contribution in [2.24, 2.45) is 0 Å². The number of aromatic nitrogens is 2. The SMILES string of the molecule is CCCCOc1ccc(CNC(=O)c2ccc(CN3C(=O)CCn4nccc43)cc2)cc1. The lowest BCUT2D eigenvalue weighted by Gasteiger charge is -2.27. The molecule has 1 aromatic heterocycles. The van der Waals surface area contributed by atoms with E-state index in [1.807, 2.05) is 47.1 Å². The molecule has 0 aliphatic carbocycles. The topological polar surface area (TPSA) is 76.5 Å². The Labute approximate surface area is 188 Å². The molecular formula is C25H28N4O3. The molecule has 0 radical (unpaired) electrons. The Kier molecular flexibility index (Phi) is 6.84. The summed E-state index contributed by atoms with van der Waals surface area (Å²) in [5, 5.41) is 7.20. The van der Waals surface area contributed by atoms with Crippen molar-refractivity contribution < 1.29 is 14.3 Å². The van der Waals surface area contributed by atoms with Gasteiger partial charge in [0.2, 0.25) is 5.91 Å². The van der Waals surface area contributed by atoms with Crippen LogP contribution in [-0.2, 0) is 24.4 Å². The predicted octanol–water partition coefficient (Wildman–Crippen LogP) is 3.93. The lowest BCUT2D eigenvalue weighted by atomic mass is 10.1. The zero-order valence-corrected chi connectivity index (χ0v) is 18.3. The molecule has 7 heteroatoms. The summed E-state index contributed by atoms with van der Waals surface area (Å²) in [7, 11) is 0. The molecule has 0 fully saturated rings. The molecule has 7 nitrogen and oxygen atoms in total. The Hall–Kier alpha value is -3.61. The maximum absolute atomic E-state index is 12.5. The minimum absolute atomic E-state index is 0.0848. The van der Waals surface area contributed by atoms with E-state index in [0.717, 1.165) is 42.1 Å². The summed E-state index contributed by atoms with van der Waals surface area (Å²) >= 11 is 0. The number of amides is 2. The van der Waals surface area contributed by atoms with E-state index >= 15 is 0 Å². The zero-order valence-electron chi connectivity index (χ0n) is 18.3. The Morgan fingerprint density at radius 3 is 2.56 bits per heavy atom. The molecule has 1 aliphatic rings. The van der Waals surface area contributed by atoms with E-state index in [4.69, 9.17) is 4.74 Å². The molecule has 0 saturated carbocycles. The van der Waals surface area contributed by atoms with Gasteiger partial charge < -0.3 is 10.1 Å². The number of anilines is 1. The van der Waals surface area contributed by atoms with Gasteiger partial charge in [0.1, 0.15) is 11.6 Å². The molecule has 1 aliphatic heterocycles. The van der Waals surface area contributed by atoms with Crippen LogP contribution in [0.4, 0.5) is 5.82 Å². The summed E-state index contributed by atoms with van der Waals surface area (Å²) < 4.78 is 7.51. The number of ether oxygens (including phenoxy) is 1. The van der Waals surface area contributed by atoms with Crippen LogP contribution in [0.2, 0.25) is 0 Å². The Balaban J connectivity index is 1.30. The van der Waals surface area contributed by atoms with Crippen molar-refractivity contribution in [3.8, 4) is 5.75 Å². The second-order valence-corrected chi connectivity index (χ2v) is 7.87. The highest BCUT2D eigenvalue weighted by Crippen LogP contribution is 2.23. The highest BCUT2D eigenvalue weighted by Gasteiger charge is 2.24. The van der Waals surface area contributed by atoms with Gasteiger partial charge >= 0.3 is 0 Å².